The summed E-state index contributed by atoms with van der Waals surface area (Å²) in [6, 6.07) is 5.69. The number of rotatable bonds is 3. The maximum Gasteiger partial charge on any atom is 0.417 e. The van der Waals surface area contributed by atoms with Gasteiger partial charge in [-0.1, -0.05) is 11.6 Å². The molecular formula is C12H7Br2ClF3NS. The number of thiophene rings is 1. The minimum absolute atomic E-state index is 0.301. The van der Waals surface area contributed by atoms with Gasteiger partial charge in [-0.2, -0.15) is 13.2 Å². The number of hydrogen-bond acceptors (Lipinski definition) is 2. The van der Waals surface area contributed by atoms with E-state index in [1.807, 2.05) is 6.07 Å². The van der Waals surface area contributed by atoms with Crippen LogP contribution in [0.5, 0.6) is 0 Å². The Labute approximate surface area is 139 Å². The molecule has 0 saturated carbocycles. The molecule has 0 fully saturated rings. The molecular weight excluding hydrogens is 442 g/mol. The summed E-state index contributed by atoms with van der Waals surface area (Å²) in [5, 5.41) is 2.65. The van der Waals surface area contributed by atoms with Crippen molar-refractivity contribution < 1.29 is 13.2 Å². The van der Waals surface area contributed by atoms with Crippen LogP contribution in [0.3, 0.4) is 0 Å². The van der Waals surface area contributed by atoms with Crippen molar-refractivity contribution in [1.29, 1.82) is 0 Å². The van der Waals surface area contributed by atoms with Crippen molar-refractivity contribution in [3.63, 3.8) is 0 Å². The van der Waals surface area contributed by atoms with Crippen LogP contribution in [-0.4, -0.2) is 0 Å². The van der Waals surface area contributed by atoms with Crippen molar-refractivity contribution >= 4 is 60.5 Å². The summed E-state index contributed by atoms with van der Waals surface area (Å²) in [4.78, 5) is 0.993. The van der Waals surface area contributed by atoms with Gasteiger partial charge in [-0.3, -0.25) is 0 Å². The quantitative estimate of drug-likeness (QED) is 0.560. The summed E-state index contributed by atoms with van der Waals surface area (Å²) in [7, 11) is 0. The molecule has 2 rings (SSSR count). The van der Waals surface area contributed by atoms with E-state index in [0.717, 1.165) is 19.2 Å². The molecule has 1 aromatic carbocycles. The smallest absolute Gasteiger partial charge is 0.380 e. The molecule has 0 aliphatic heterocycles. The number of alkyl halides is 3. The van der Waals surface area contributed by atoms with Crippen LogP contribution >= 0.6 is 54.8 Å². The van der Waals surface area contributed by atoms with E-state index >= 15 is 0 Å². The van der Waals surface area contributed by atoms with E-state index in [4.69, 9.17) is 11.6 Å². The first-order valence-corrected chi connectivity index (χ1v) is 8.10. The first kappa shape index (κ1) is 16.1. The van der Waals surface area contributed by atoms with Crippen molar-refractivity contribution in [3.8, 4) is 0 Å². The first-order valence-electron chi connectivity index (χ1n) is 5.31. The van der Waals surface area contributed by atoms with E-state index in [1.165, 1.54) is 23.5 Å². The van der Waals surface area contributed by atoms with Crippen LogP contribution < -0.4 is 5.32 Å². The second-order valence-corrected chi connectivity index (χ2v) is 7.60. The predicted octanol–water partition coefficient (Wildman–Crippen LogP) is 6.56. The molecule has 108 valence electrons. The lowest BCUT2D eigenvalue weighted by Gasteiger charge is -2.11. The van der Waals surface area contributed by atoms with Gasteiger partial charge in [-0.25, -0.2) is 0 Å². The maximum atomic E-state index is 12.7. The Morgan fingerprint density at radius 1 is 1.20 bits per heavy atom. The Morgan fingerprint density at radius 3 is 2.45 bits per heavy atom. The third kappa shape index (κ3) is 3.90. The minimum atomic E-state index is -4.45. The molecule has 0 saturated heterocycles. The van der Waals surface area contributed by atoms with E-state index in [1.54, 1.807) is 0 Å². The van der Waals surface area contributed by atoms with E-state index in [-0.39, 0.29) is 5.02 Å². The molecule has 0 amide bonds. The average molecular weight is 450 g/mol. The highest BCUT2D eigenvalue weighted by molar-refractivity contribution is 9.13. The Morgan fingerprint density at radius 2 is 1.90 bits per heavy atom. The van der Waals surface area contributed by atoms with Gasteiger partial charge in [0.25, 0.3) is 0 Å². The number of benzene rings is 1. The summed E-state index contributed by atoms with van der Waals surface area (Å²) >= 11 is 13.8. The highest BCUT2D eigenvalue weighted by Crippen LogP contribution is 2.37. The van der Waals surface area contributed by atoms with Gasteiger partial charge in [-0.05, 0) is 56.1 Å². The minimum Gasteiger partial charge on any atom is -0.380 e. The third-order valence-corrected chi connectivity index (χ3v) is 6.02. The highest BCUT2D eigenvalue weighted by Gasteiger charge is 2.33. The molecule has 2 aromatic rings. The molecule has 8 heteroatoms. The number of anilines is 1. The van der Waals surface area contributed by atoms with E-state index in [0.29, 0.717) is 12.2 Å². The van der Waals surface area contributed by atoms with Crippen molar-refractivity contribution in [2.45, 2.75) is 12.7 Å². The topological polar surface area (TPSA) is 12.0 Å². The van der Waals surface area contributed by atoms with Gasteiger partial charge in [0, 0.05) is 21.6 Å². The summed E-state index contributed by atoms with van der Waals surface area (Å²) < 4.78 is 40.0. The summed E-state index contributed by atoms with van der Waals surface area (Å²) in [5.41, 5.74) is -0.458. The number of hydrogen-bond donors (Lipinski definition) is 1. The van der Waals surface area contributed by atoms with Crippen molar-refractivity contribution in [1.82, 2.24) is 0 Å². The summed E-state index contributed by atoms with van der Waals surface area (Å²) in [6.07, 6.45) is -4.45. The van der Waals surface area contributed by atoms with Crippen molar-refractivity contribution in [2.24, 2.45) is 0 Å². The Kier molecular flexibility index (Phi) is 5.05. The first-order chi connectivity index (χ1) is 9.27. The Bertz CT molecular complexity index is 608. The fourth-order valence-electron chi connectivity index (χ4n) is 1.52. The molecule has 0 atom stereocenters. The number of nitrogens with one attached hydrogen (secondary N) is 1. The zero-order valence-corrected chi connectivity index (χ0v) is 14.4. The van der Waals surface area contributed by atoms with Crippen LogP contribution in [0, 0.1) is 0 Å². The zero-order valence-electron chi connectivity index (χ0n) is 9.69. The fourth-order valence-corrected chi connectivity index (χ4v) is 3.86. The van der Waals surface area contributed by atoms with Crippen LogP contribution in [0.25, 0.3) is 0 Å². The molecule has 1 aromatic heterocycles. The van der Waals surface area contributed by atoms with Crippen LogP contribution in [0.2, 0.25) is 5.02 Å². The second kappa shape index (κ2) is 6.25. The monoisotopic (exact) mass is 447 g/mol. The van der Waals surface area contributed by atoms with Gasteiger partial charge in [0.1, 0.15) is 0 Å². The van der Waals surface area contributed by atoms with Gasteiger partial charge >= 0.3 is 6.18 Å². The maximum absolute atomic E-state index is 12.7. The largest absolute Gasteiger partial charge is 0.417 e. The molecule has 0 aliphatic rings. The molecule has 0 spiro atoms. The molecule has 0 bridgehead atoms. The lowest BCUT2D eigenvalue weighted by atomic mass is 10.2. The molecule has 0 unspecified atom stereocenters. The molecule has 1 N–H and O–H groups in total. The van der Waals surface area contributed by atoms with Crippen LogP contribution in [0.1, 0.15) is 10.4 Å². The normalized spacial score (nSPS) is 11.7. The summed E-state index contributed by atoms with van der Waals surface area (Å²) in [5.74, 6) is 0. The highest BCUT2D eigenvalue weighted by atomic mass is 79.9. The van der Waals surface area contributed by atoms with Gasteiger partial charge in [0.2, 0.25) is 0 Å². The van der Waals surface area contributed by atoms with Gasteiger partial charge in [0.05, 0.1) is 14.4 Å². The molecule has 0 aliphatic carbocycles. The standard InChI is InChI=1S/C12H7Br2ClF3NS/c13-9-4-7(20-11(9)14)5-19-6-1-2-10(15)8(3-6)12(16,17)18/h1-4,19H,5H2. The molecule has 1 heterocycles. The Hall–Kier alpha value is -0.240. The van der Waals surface area contributed by atoms with Crippen molar-refractivity contribution in [2.75, 3.05) is 5.32 Å². The zero-order chi connectivity index (χ0) is 14.9. The second-order valence-electron chi connectivity index (χ2n) is 3.88. The van der Waals surface area contributed by atoms with Gasteiger partial charge in [0.15, 0.2) is 0 Å². The Balaban J connectivity index is 2.14. The molecule has 20 heavy (non-hydrogen) atoms. The fraction of sp³-hybridized carbons (Fsp3) is 0.167. The average Bonchev–Trinajstić information content (AvgIpc) is 2.66. The lowest BCUT2D eigenvalue weighted by molar-refractivity contribution is -0.137. The van der Waals surface area contributed by atoms with Crippen molar-refractivity contribution in [3.05, 3.63) is 48.0 Å². The van der Waals surface area contributed by atoms with E-state index in [9.17, 15) is 13.2 Å². The predicted molar refractivity (Wildman–Crippen MR) is 83.5 cm³/mol. The summed E-state index contributed by atoms with van der Waals surface area (Å²) in [6.45, 7) is 0.438. The lowest BCUT2D eigenvalue weighted by Crippen LogP contribution is -2.07. The number of halogens is 6. The van der Waals surface area contributed by atoms with E-state index in [2.05, 4.69) is 37.2 Å². The van der Waals surface area contributed by atoms with E-state index < -0.39 is 11.7 Å². The third-order valence-electron chi connectivity index (χ3n) is 2.43. The SMILES string of the molecule is FC(F)(F)c1cc(NCc2cc(Br)c(Br)s2)ccc1Cl. The molecule has 1 nitrogen and oxygen atoms in total. The van der Waals surface area contributed by atoms with Gasteiger partial charge < -0.3 is 5.32 Å². The van der Waals surface area contributed by atoms with Crippen LogP contribution in [0.15, 0.2) is 32.5 Å². The van der Waals surface area contributed by atoms with Crippen LogP contribution in [0.4, 0.5) is 18.9 Å². The van der Waals surface area contributed by atoms with Gasteiger partial charge in [-0.15, -0.1) is 11.3 Å². The molecule has 0 radical (unpaired) electrons. The van der Waals surface area contributed by atoms with Crippen LogP contribution in [-0.2, 0) is 12.7 Å².